The Labute approximate surface area is 219 Å². The van der Waals surface area contributed by atoms with Crippen molar-refractivity contribution in [2.75, 3.05) is 26.3 Å². The number of benzene rings is 3. The minimum absolute atomic E-state index is 0.166. The average Bonchev–Trinajstić information content (AvgIpc) is 2.91. The van der Waals surface area contributed by atoms with E-state index in [0.29, 0.717) is 64.6 Å². The summed E-state index contributed by atoms with van der Waals surface area (Å²) in [5, 5.41) is 12.4. The molecule has 0 amide bonds. The van der Waals surface area contributed by atoms with Gasteiger partial charge in [-0.25, -0.2) is 13.0 Å². The number of hydrogen-bond donors (Lipinski definition) is 1. The van der Waals surface area contributed by atoms with E-state index in [4.69, 9.17) is 16.3 Å². The number of aromatic hydroxyl groups is 1. The first-order chi connectivity index (χ1) is 17.8. The van der Waals surface area contributed by atoms with Crippen LogP contribution in [0.1, 0.15) is 11.1 Å². The fraction of sp³-hybridized carbons (Fsp3) is 0.185. The second-order valence-electron chi connectivity index (χ2n) is 8.60. The zero-order valence-electron chi connectivity index (χ0n) is 20.0. The predicted octanol–water partition coefficient (Wildman–Crippen LogP) is 4.43. The molecule has 0 saturated carbocycles. The van der Waals surface area contributed by atoms with E-state index in [1.807, 2.05) is 0 Å². The summed E-state index contributed by atoms with van der Waals surface area (Å²) in [7, 11) is -3.72. The number of ether oxygens (including phenoxy) is 1. The number of aryl methyl sites for hydroxylation is 1. The van der Waals surface area contributed by atoms with Crippen LogP contribution in [0.5, 0.6) is 5.88 Å². The molecule has 0 unspecified atom stereocenters. The molecule has 0 spiro atoms. The lowest BCUT2D eigenvalue weighted by Gasteiger charge is -2.26. The lowest BCUT2D eigenvalue weighted by Crippen LogP contribution is -2.40. The summed E-state index contributed by atoms with van der Waals surface area (Å²) in [5.74, 6) is -0.325. The number of hydrogen-bond acceptors (Lipinski definition) is 6. The van der Waals surface area contributed by atoms with Gasteiger partial charge >= 0.3 is 0 Å². The van der Waals surface area contributed by atoms with Crippen molar-refractivity contribution in [1.29, 1.82) is 0 Å². The SMILES string of the molecule is Cc1ccc(N=Cc2c(O)n(-c3ccccc3Cl)c(=O)c3ccccc23)cc1S(=O)(=O)N1CCOCC1. The summed E-state index contributed by atoms with van der Waals surface area (Å²) in [6.07, 6.45) is 1.43. The molecule has 3 aromatic carbocycles. The van der Waals surface area contributed by atoms with Crippen LogP contribution in [0.3, 0.4) is 0 Å². The molecule has 0 atom stereocenters. The molecule has 0 bridgehead atoms. The van der Waals surface area contributed by atoms with E-state index in [1.165, 1.54) is 16.6 Å². The summed E-state index contributed by atoms with van der Waals surface area (Å²) < 4.78 is 34.4. The smallest absolute Gasteiger partial charge is 0.265 e. The second kappa shape index (κ2) is 10.1. The standard InChI is InChI=1S/C27H24ClN3O5S/c1-18-10-11-19(16-25(18)37(34,35)30-12-14-36-15-13-30)29-17-22-20-6-2-3-7-21(20)26(32)31(27(22)33)24-9-5-4-8-23(24)28/h2-11,16-17,33H,12-15H2,1H3. The van der Waals surface area contributed by atoms with E-state index in [1.54, 1.807) is 67.6 Å². The number of rotatable bonds is 5. The normalized spacial score (nSPS) is 15.0. The van der Waals surface area contributed by atoms with Gasteiger partial charge in [-0.3, -0.25) is 9.79 Å². The van der Waals surface area contributed by atoms with Gasteiger partial charge in [0.05, 0.1) is 40.1 Å². The van der Waals surface area contributed by atoms with Gasteiger partial charge in [0.15, 0.2) is 0 Å². The number of morpholine rings is 1. The third-order valence-electron chi connectivity index (χ3n) is 6.30. The lowest BCUT2D eigenvalue weighted by atomic mass is 10.1. The molecule has 37 heavy (non-hydrogen) atoms. The van der Waals surface area contributed by atoms with Gasteiger partial charge in [-0.05, 0) is 42.8 Å². The van der Waals surface area contributed by atoms with Gasteiger partial charge in [0.25, 0.3) is 5.56 Å². The Morgan fingerprint density at radius 1 is 1.00 bits per heavy atom. The van der Waals surface area contributed by atoms with Crippen molar-refractivity contribution in [2.45, 2.75) is 11.8 Å². The molecule has 0 radical (unpaired) electrons. The fourth-order valence-electron chi connectivity index (χ4n) is 4.36. The van der Waals surface area contributed by atoms with Crippen LogP contribution < -0.4 is 5.56 Å². The molecule has 2 heterocycles. The Morgan fingerprint density at radius 3 is 2.41 bits per heavy atom. The molecule has 1 N–H and O–H groups in total. The predicted molar refractivity (Wildman–Crippen MR) is 144 cm³/mol. The largest absolute Gasteiger partial charge is 0.494 e. The van der Waals surface area contributed by atoms with E-state index in [-0.39, 0.29) is 10.8 Å². The van der Waals surface area contributed by atoms with Gasteiger partial charge in [0.2, 0.25) is 15.9 Å². The summed E-state index contributed by atoms with van der Waals surface area (Å²) in [4.78, 5) is 18.0. The van der Waals surface area contributed by atoms with Crippen molar-refractivity contribution in [2.24, 2.45) is 4.99 Å². The Balaban J connectivity index is 1.63. The zero-order chi connectivity index (χ0) is 26.2. The molecule has 4 aromatic rings. The Morgan fingerprint density at radius 2 is 1.68 bits per heavy atom. The minimum Gasteiger partial charge on any atom is -0.494 e. The fourth-order valence-corrected chi connectivity index (χ4v) is 6.23. The summed E-state index contributed by atoms with van der Waals surface area (Å²) in [5.41, 5.74) is 1.20. The summed E-state index contributed by atoms with van der Waals surface area (Å²) in [6.45, 7) is 3.02. The molecule has 0 aliphatic carbocycles. The van der Waals surface area contributed by atoms with Crippen molar-refractivity contribution in [3.63, 3.8) is 0 Å². The zero-order valence-corrected chi connectivity index (χ0v) is 21.5. The highest BCUT2D eigenvalue weighted by molar-refractivity contribution is 7.89. The van der Waals surface area contributed by atoms with Crippen LogP contribution in [0.2, 0.25) is 5.02 Å². The number of halogens is 1. The van der Waals surface area contributed by atoms with E-state index in [2.05, 4.69) is 4.99 Å². The topological polar surface area (TPSA) is 101 Å². The number of nitrogens with zero attached hydrogens (tertiary/aromatic N) is 3. The first-order valence-corrected chi connectivity index (χ1v) is 13.4. The Hall–Kier alpha value is -3.50. The van der Waals surface area contributed by atoms with Gasteiger partial charge in [-0.2, -0.15) is 4.31 Å². The third-order valence-corrected chi connectivity index (χ3v) is 8.66. The van der Waals surface area contributed by atoms with Crippen molar-refractivity contribution >= 4 is 44.3 Å². The van der Waals surface area contributed by atoms with Gasteiger partial charge in [0, 0.05) is 30.1 Å². The van der Waals surface area contributed by atoms with Crippen LogP contribution in [0.15, 0.2) is 81.4 Å². The molecule has 10 heteroatoms. The van der Waals surface area contributed by atoms with Gasteiger partial charge in [-0.15, -0.1) is 0 Å². The number of aliphatic imine (C=N–C) groups is 1. The molecular weight excluding hydrogens is 514 g/mol. The molecule has 1 fully saturated rings. The minimum atomic E-state index is -3.72. The highest BCUT2D eigenvalue weighted by Crippen LogP contribution is 2.30. The molecule has 190 valence electrons. The molecular formula is C27H24ClN3O5S. The maximum absolute atomic E-state index is 13.3. The van der Waals surface area contributed by atoms with E-state index in [9.17, 15) is 18.3 Å². The first-order valence-electron chi connectivity index (χ1n) is 11.6. The van der Waals surface area contributed by atoms with Crippen LogP contribution in [-0.4, -0.2) is 54.9 Å². The number of sulfonamides is 1. The molecule has 1 saturated heterocycles. The van der Waals surface area contributed by atoms with Crippen LogP contribution in [0.25, 0.3) is 16.5 Å². The monoisotopic (exact) mass is 537 g/mol. The maximum Gasteiger partial charge on any atom is 0.265 e. The van der Waals surface area contributed by atoms with Crippen LogP contribution in [0.4, 0.5) is 5.69 Å². The molecule has 1 aromatic heterocycles. The Kier molecular flexibility index (Phi) is 6.87. The molecule has 1 aliphatic rings. The van der Waals surface area contributed by atoms with Gasteiger partial charge < -0.3 is 9.84 Å². The van der Waals surface area contributed by atoms with Crippen molar-refractivity contribution in [1.82, 2.24) is 8.87 Å². The quantitative estimate of drug-likeness (QED) is 0.379. The van der Waals surface area contributed by atoms with Crippen molar-refractivity contribution in [3.05, 3.63) is 93.2 Å². The first kappa shape index (κ1) is 25.2. The number of pyridine rings is 1. The Bertz CT molecular complexity index is 1690. The molecule has 1 aliphatic heterocycles. The van der Waals surface area contributed by atoms with E-state index < -0.39 is 15.6 Å². The summed E-state index contributed by atoms with van der Waals surface area (Å²) in [6, 6.07) is 18.5. The highest BCUT2D eigenvalue weighted by Gasteiger charge is 2.28. The molecule has 5 rings (SSSR count). The van der Waals surface area contributed by atoms with Crippen LogP contribution in [-0.2, 0) is 14.8 Å². The highest BCUT2D eigenvalue weighted by atomic mass is 35.5. The van der Waals surface area contributed by atoms with Crippen molar-refractivity contribution < 1.29 is 18.3 Å². The van der Waals surface area contributed by atoms with Crippen LogP contribution in [0, 0.1) is 6.92 Å². The van der Waals surface area contributed by atoms with Crippen LogP contribution >= 0.6 is 11.6 Å². The average molecular weight is 538 g/mol. The van der Waals surface area contributed by atoms with E-state index in [0.717, 1.165) is 4.57 Å². The number of fused-ring (bicyclic) bond motifs is 1. The lowest BCUT2D eigenvalue weighted by molar-refractivity contribution is 0.0730. The molecule has 8 nitrogen and oxygen atoms in total. The van der Waals surface area contributed by atoms with Gasteiger partial charge in [0.1, 0.15) is 0 Å². The summed E-state index contributed by atoms with van der Waals surface area (Å²) >= 11 is 6.35. The van der Waals surface area contributed by atoms with E-state index >= 15 is 0 Å². The third kappa shape index (κ3) is 4.67. The maximum atomic E-state index is 13.3. The number of aromatic nitrogens is 1. The van der Waals surface area contributed by atoms with Crippen molar-refractivity contribution in [3.8, 4) is 11.6 Å². The van der Waals surface area contributed by atoms with Gasteiger partial charge in [-0.1, -0.05) is 48.0 Å². The second-order valence-corrected chi connectivity index (χ2v) is 10.9. The number of para-hydroxylation sites is 1.